The van der Waals surface area contributed by atoms with E-state index in [-0.39, 0.29) is 11.9 Å². The maximum absolute atomic E-state index is 11.7. The molecule has 0 bridgehead atoms. The Morgan fingerprint density at radius 1 is 1.32 bits per heavy atom. The van der Waals surface area contributed by atoms with Gasteiger partial charge in [0, 0.05) is 39.3 Å². The minimum atomic E-state index is -0.346. The molecular weight excluding hydrogens is 240 g/mol. The molecule has 0 aliphatic carbocycles. The fourth-order valence-electron chi connectivity index (χ4n) is 2.38. The second kappa shape index (κ2) is 8.51. The SMILES string of the molecule is CCCC(N)C(=O)NCC(C)CN1CCN(C)CC1. The molecule has 1 heterocycles. The van der Waals surface area contributed by atoms with Crippen LogP contribution in [0.5, 0.6) is 0 Å². The number of nitrogens with one attached hydrogen (secondary N) is 1. The molecule has 1 saturated heterocycles. The summed E-state index contributed by atoms with van der Waals surface area (Å²) in [6, 6.07) is -0.346. The minimum Gasteiger partial charge on any atom is -0.354 e. The highest BCUT2D eigenvalue weighted by Gasteiger charge is 2.17. The van der Waals surface area contributed by atoms with E-state index in [1.807, 2.05) is 6.92 Å². The van der Waals surface area contributed by atoms with Crippen molar-refractivity contribution < 1.29 is 4.79 Å². The van der Waals surface area contributed by atoms with Crippen molar-refractivity contribution in [2.75, 3.05) is 46.3 Å². The molecule has 2 atom stereocenters. The van der Waals surface area contributed by atoms with E-state index in [1.165, 1.54) is 0 Å². The van der Waals surface area contributed by atoms with E-state index in [0.29, 0.717) is 5.92 Å². The molecule has 1 fully saturated rings. The summed E-state index contributed by atoms with van der Waals surface area (Å²) < 4.78 is 0. The lowest BCUT2D eigenvalue weighted by atomic mass is 10.1. The lowest BCUT2D eigenvalue weighted by Crippen LogP contribution is -2.48. The van der Waals surface area contributed by atoms with Crippen molar-refractivity contribution in [3.63, 3.8) is 0 Å². The van der Waals surface area contributed by atoms with Crippen LogP contribution >= 0.6 is 0 Å². The largest absolute Gasteiger partial charge is 0.354 e. The number of carbonyl (C=O) groups excluding carboxylic acids is 1. The summed E-state index contributed by atoms with van der Waals surface area (Å²) in [5.41, 5.74) is 5.79. The van der Waals surface area contributed by atoms with Crippen LogP contribution < -0.4 is 11.1 Å². The molecule has 0 radical (unpaired) electrons. The number of hydrogen-bond acceptors (Lipinski definition) is 4. The Labute approximate surface area is 117 Å². The summed E-state index contributed by atoms with van der Waals surface area (Å²) in [6.45, 7) is 10.5. The van der Waals surface area contributed by atoms with E-state index >= 15 is 0 Å². The fraction of sp³-hybridized carbons (Fsp3) is 0.929. The Bertz CT molecular complexity index is 264. The average molecular weight is 270 g/mol. The Morgan fingerprint density at radius 3 is 2.53 bits per heavy atom. The first-order valence-electron chi connectivity index (χ1n) is 7.47. The Kier molecular flexibility index (Phi) is 7.34. The fourth-order valence-corrected chi connectivity index (χ4v) is 2.38. The molecule has 2 unspecified atom stereocenters. The van der Waals surface area contributed by atoms with Crippen LogP contribution in [0.1, 0.15) is 26.7 Å². The Balaban J connectivity index is 2.17. The smallest absolute Gasteiger partial charge is 0.236 e. The number of hydrogen-bond donors (Lipinski definition) is 2. The number of piperazine rings is 1. The number of amides is 1. The molecule has 0 saturated carbocycles. The van der Waals surface area contributed by atoms with Crippen molar-refractivity contribution >= 4 is 5.91 Å². The predicted octanol–water partition coefficient (Wildman–Crippen LogP) is 0.114. The van der Waals surface area contributed by atoms with Crippen molar-refractivity contribution in [1.82, 2.24) is 15.1 Å². The van der Waals surface area contributed by atoms with Crippen molar-refractivity contribution in [2.45, 2.75) is 32.7 Å². The molecule has 19 heavy (non-hydrogen) atoms. The second-order valence-electron chi connectivity index (χ2n) is 5.85. The normalized spacial score (nSPS) is 21.1. The van der Waals surface area contributed by atoms with E-state index in [4.69, 9.17) is 5.73 Å². The molecule has 3 N–H and O–H groups in total. The van der Waals surface area contributed by atoms with Crippen LogP contribution in [-0.4, -0.2) is 68.1 Å². The molecule has 0 aromatic carbocycles. The van der Waals surface area contributed by atoms with E-state index < -0.39 is 0 Å². The highest BCUT2D eigenvalue weighted by Crippen LogP contribution is 2.04. The highest BCUT2D eigenvalue weighted by atomic mass is 16.2. The summed E-state index contributed by atoms with van der Waals surface area (Å²) in [4.78, 5) is 16.5. The van der Waals surface area contributed by atoms with Gasteiger partial charge in [-0.1, -0.05) is 20.3 Å². The average Bonchev–Trinajstić information content (AvgIpc) is 2.39. The topological polar surface area (TPSA) is 61.6 Å². The van der Waals surface area contributed by atoms with E-state index in [2.05, 4.69) is 29.1 Å². The summed E-state index contributed by atoms with van der Waals surface area (Å²) >= 11 is 0. The quantitative estimate of drug-likeness (QED) is 0.689. The van der Waals surface area contributed by atoms with E-state index in [9.17, 15) is 4.79 Å². The standard InChI is InChI=1S/C14H30N4O/c1-4-5-13(15)14(19)16-10-12(2)11-18-8-6-17(3)7-9-18/h12-13H,4-11,15H2,1-3H3,(H,16,19). The van der Waals surface area contributed by atoms with Gasteiger partial charge in [-0.05, 0) is 19.4 Å². The zero-order valence-electron chi connectivity index (χ0n) is 12.7. The monoisotopic (exact) mass is 270 g/mol. The van der Waals surface area contributed by atoms with Gasteiger partial charge in [0.05, 0.1) is 6.04 Å². The van der Waals surface area contributed by atoms with Gasteiger partial charge in [-0.3, -0.25) is 4.79 Å². The van der Waals surface area contributed by atoms with Gasteiger partial charge in [-0.15, -0.1) is 0 Å². The van der Waals surface area contributed by atoms with Gasteiger partial charge in [-0.2, -0.15) is 0 Å². The molecular formula is C14H30N4O. The van der Waals surface area contributed by atoms with Crippen LogP contribution in [0.4, 0.5) is 0 Å². The zero-order chi connectivity index (χ0) is 14.3. The van der Waals surface area contributed by atoms with Crippen LogP contribution in [0, 0.1) is 5.92 Å². The molecule has 112 valence electrons. The molecule has 1 rings (SSSR count). The molecule has 1 amide bonds. The Morgan fingerprint density at radius 2 is 1.95 bits per heavy atom. The molecule has 0 aromatic heterocycles. The predicted molar refractivity (Wildman–Crippen MR) is 79.0 cm³/mol. The first-order chi connectivity index (χ1) is 9.02. The maximum atomic E-state index is 11.7. The van der Waals surface area contributed by atoms with Gasteiger partial charge >= 0.3 is 0 Å². The maximum Gasteiger partial charge on any atom is 0.236 e. The second-order valence-corrected chi connectivity index (χ2v) is 5.85. The molecule has 1 aliphatic rings. The number of nitrogens with zero attached hydrogens (tertiary/aromatic N) is 2. The van der Waals surface area contributed by atoms with Crippen molar-refractivity contribution in [3.8, 4) is 0 Å². The van der Waals surface area contributed by atoms with Crippen LogP contribution in [-0.2, 0) is 4.79 Å². The summed E-state index contributed by atoms with van der Waals surface area (Å²) in [7, 11) is 2.16. The first-order valence-corrected chi connectivity index (χ1v) is 7.47. The number of carbonyl (C=O) groups is 1. The number of rotatable bonds is 7. The molecule has 5 heteroatoms. The third kappa shape index (κ3) is 6.36. The van der Waals surface area contributed by atoms with Crippen molar-refractivity contribution in [1.29, 1.82) is 0 Å². The Hall–Kier alpha value is -0.650. The van der Waals surface area contributed by atoms with Crippen LogP contribution in [0.3, 0.4) is 0 Å². The third-order valence-electron chi connectivity index (χ3n) is 3.73. The van der Waals surface area contributed by atoms with Gasteiger partial charge in [0.2, 0.25) is 5.91 Å². The molecule has 5 nitrogen and oxygen atoms in total. The van der Waals surface area contributed by atoms with Gasteiger partial charge in [0.25, 0.3) is 0 Å². The van der Waals surface area contributed by atoms with Gasteiger partial charge < -0.3 is 20.9 Å². The summed E-state index contributed by atoms with van der Waals surface area (Å²) in [5, 5.41) is 2.96. The van der Waals surface area contributed by atoms with E-state index in [0.717, 1.165) is 52.1 Å². The van der Waals surface area contributed by atoms with E-state index in [1.54, 1.807) is 0 Å². The molecule has 1 aliphatic heterocycles. The molecule has 0 spiro atoms. The van der Waals surface area contributed by atoms with Crippen molar-refractivity contribution in [3.05, 3.63) is 0 Å². The van der Waals surface area contributed by atoms with Gasteiger partial charge in [0.1, 0.15) is 0 Å². The van der Waals surface area contributed by atoms with Crippen LogP contribution in [0.2, 0.25) is 0 Å². The highest BCUT2D eigenvalue weighted by molar-refractivity contribution is 5.81. The van der Waals surface area contributed by atoms with Crippen LogP contribution in [0.15, 0.2) is 0 Å². The third-order valence-corrected chi connectivity index (χ3v) is 3.73. The van der Waals surface area contributed by atoms with Crippen molar-refractivity contribution in [2.24, 2.45) is 11.7 Å². The molecule has 0 aromatic rings. The zero-order valence-corrected chi connectivity index (χ0v) is 12.7. The van der Waals surface area contributed by atoms with Gasteiger partial charge in [0.15, 0.2) is 0 Å². The number of likely N-dealkylation sites (N-methyl/N-ethyl adjacent to an activating group) is 1. The lowest BCUT2D eigenvalue weighted by molar-refractivity contribution is -0.122. The van der Waals surface area contributed by atoms with Crippen LogP contribution in [0.25, 0.3) is 0 Å². The minimum absolute atomic E-state index is 0.00734. The van der Waals surface area contributed by atoms with Gasteiger partial charge in [-0.25, -0.2) is 0 Å². The first kappa shape index (κ1) is 16.4. The lowest BCUT2D eigenvalue weighted by Gasteiger charge is -2.34. The summed E-state index contributed by atoms with van der Waals surface area (Å²) in [5.74, 6) is 0.466. The number of nitrogens with two attached hydrogens (primary N) is 1. The summed E-state index contributed by atoms with van der Waals surface area (Å²) in [6.07, 6.45) is 1.71.